The Bertz CT molecular complexity index is 999. The Kier molecular flexibility index (Phi) is 3.76. The van der Waals surface area contributed by atoms with Crippen LogP contribution in [0.15, 0.2) is 65.0 Å². The minimum atomic E-state index is -0.481. The van der Waals surface area contributed by atoms with Gasteiger partial charge in [-0.3, -0.25) is 10.2 Å². The second-order valence-electron chi connectivity index (χ2n) is 6.01. The maximum absolute atomic E-state index is 13.1. The zero-order valence-corrected chi connectivity index (χ0v) is 13.9. The average Bonchev–Trinajstić information content (AvgIpc) is 3.19. The Morgan fingerprint density at radius 1 is 1.27 bits per heavy atom. The molecule has 130 valence electrons. The fourth-order valence-electron chi connectivity index (χ4n) is 2.84. The van der Waals surface area contributed by atoms with Gasteiger partial charge in [-0.15, -0.1) is 5.06 Å². The number of hydrogen-bond donors (Lipinski definition) is 1. The number of nitrogens with zero attached hydrogens (tertiary/aromatic N) is 3. The molecule has 0 atom stereocenters. The molecule has 6 nitrogen and oxygen atoms in total. The number of hydroxylamine groups is 2. The Balaban J connectivity index is 1.64. The second-order valence-corrected chi connectivity index (χ2v) is 6.01. The van der Waals surface area contributed by atoms with Gasteiger partial charge in [-0.05, 0) is 42.8 Å². The van der Waals surface area contributed by atoms with Crippen molar-refractivity contribution in [3.8, 4) is 0 Å². The SMILES string of the molecule is CC1=CC2=NC(=O)C(=Cc3cccn3Cc3ccc(F)cc3)C(=N)N2O1. The van der Waals surface area contributed by atoms with Crippen LogP contribution < -0.4 is 0 Å². The van der Waals surface area contributed by atoms with E-state index in [2.05, 4.69) is 4.99 Å². The molecular weight excluding hydrogens is 335 g/mol. The van der Waals surface area contributed by atoms with Gasteiger partial charge in [-0.1, -0.05) is 12.1 Å². The van der Waals surface area contributed by atoms with E-state index in [9.17, 15) is 9.18 Å². The summed E-state index contributed by atoms with van der Waals surface area (Å²) in [5.41, 5.74) is 1.82. The Labute approximate surface area is 149 Å². The lowest BCUT2D eigenvalue weighted by Crippen LogP contribution is -2.38. The maximum atomic E-state index is 13.1. The van der Waals surface area contributed by atoms with E-state index >= 15 is 0 Å². The van der Waals surface area contributed by atoms with Crippen LogP contribution in [0.5, 0.6) is 0 Å². The van der Waals surface area contributed by atoms with E-state index in [1.165, 1.54) is 17.2 Å². The first-order valence-corrected chi connectivity index (χ1v) is 8.01. The summed E-state index contributed by atoms with van der Waals surface area (Å²) < 4.78 is 15.0. The van der Waals surface area contributed by atoms with Gasteiger partial charge in [0.25, 0.3) is 5.91 Å². The molecule has 2 aliphatic rings. The Hall–Kier alpha value is -3.48. The molecule has 1 amide bonds. The van der Waals surface area contributed by atoms with E-state index in [1.807, 2.05) is 22.9 Å². The van der Waals surface area contributed by atoms with Crippen LogP contribution in [0.25, 0.3) is 6.08 Å². The highest BCUT2D eigenvalue weighted by Crippen LogP contribution is 2.24. The Morgan fingerprint density at radius 2 is 2.04 bits per heavy atom. The summed E-state index contributed by atoms with van der Waals surface area (Å²) in [7, 11) is 0. The van der Waals surface area contributed by atoms with Crippen LogP contribution >= 0.6 is 0 Å². The van der Waals surface area contributed by atoms with Crippen LogP contribution in [0.3, 0.4) is 0 Å². The molecule has 0 bridgehead atoms. The second kappa shape index (κ2) is 6.11. The lowest BCUT2D eigenvalue weighted by Gasteiger charge is -2.23. The highest BCUT2D eigenvalue weighted by atomic mass is 19.1. The molecule has 1 aromatic carbocycles. The third kappa shape index (κ3) is 2.83. The largest absolute Gasteiger partial charge is 0.376 e. The summed E-state index contributed by atoms with van der Waals surface area (Å²) in [6.07, 6.45) is 5.09. The lowest BCUT2D eigenvalue weighted by atomic mass is 10.1. The highest BCUT2D eigenvalue weighted by molar-refractivity contribution is 6.32. The van der Waals surface area contributed by atoms with Crippen molar-refractivity contribution in [3.63, 3.8) is 0 Å². The molecule has 0 saturated heterocycles. The van der Waals surface area contributed by atoms with Crippen LogP contribution in [0, 0.1) is 11.2 Å². The van der Waals surface area contributed by atoms with Gasteiger partial charge in [0.05, 0.1) is 5.57 Å². The van der Waals surface area contributed by atoms with Gasteiger partial charge in [0.2, 0.25) is 0 Å². The maximum Gasteiger partial charge on any atom is 0.283 e. The van der Waals surface area contributed by atoms with Crippen molar-refractivity contribution in [1.29, 1.82) is 5.41 Å². The first kappa shape index (κ1) is 16.0. The quantitative estimate of drug-likeness (QED) is 0.865. The van der Waals surface area contributed by atoms with E-state index in [1.54, 1.807) is 31.2 Å². The van der Waals surface area contributed by atoms with Gasteiger partial charge >= 0.3 is 0 Å². The molecule has 2 aromatic rings. The molecule has 4 rings (SSSR count). The number of carbonyl (C=O) groups excluding carboxylic acids is 1. The smallest absolute Gasteiger partial charge is 0.283 e. The number of aliphatic imine (C=N–C) groups is 1. The lowest BCUT2D eigenvalue weighted by molar-refractivity contribution is -0.114. The monoisotopic (exact) mass is 350 g/mol. The first-order valence-electron chi connectivity index (χ1n) is 8.01. The average molecular weight is 350 g/mol. The van der Waals surface area contributed by atoms with Gasteiger partial charge in [0.15, 0.2) is 11.7 Å². The number of allylic oxidation sites excluding steroid dienone is 1. The summed E-state index contributed by atoms with van der Waals surface area (Å²) in [6, 6.07) is 9.93. The number of benzene rings is 1. The number of fused-ring (bicyclic) bond motifs is 1. The number of amides is 1. The summed E-state index contributed by atoms with van der Waals surface area (Å²) in [4.78, 5) is 21.7. The molecule has 26 heavy (non-hydrogen) atoms. The predicted octanol–water partition coefficient (Wildman–Crippen LogP) is 3.13. The molecule has 7 heteroatoms. The number of nitrogens with one attached hydrogen (secondary N) is 1. The van der Waals surface area contributed by atoms with Crippen molar-refractivity contribution in [2.75, 3.05) is 0 Å². The molecular formula is C19H15FN4O2. The van der Waals surface area contributed by atoms with Crippen molar-refractivity contribution >= 4 is 23.7 Å². The van der Waals surface area contributed by atoms with Crippen LogP contribution in [-0.2, 0) is 16.2 Å². The summed E-state index contributed by atoms with van der Waals surface area (Å²) in [5, 5.41) is 9.49. The van der Waals surface area contributed by atoms with Crippen LogP contribution in [-0.4, -0.2) is 27.2 Å². The van der Waals surface area contributed by atoms with Crippen LogP contribution in [0.1, 0.15) is 18.2 Å². The van der Waals surface area contributed by atoms with Gasteiger partial charge in [0, 0.05) is 24.5 Å². The normalized spacial score (nSPS) is 17.9. The van der Waals surface area contributed by atoms with Crippen molar-refractivity contribution in [2.24, 2.45) is 4.99 Å². The van der Waals surface area contributed by atoms with Crippen molar-refractivity contribution in [3.05, 3.63) is 77.1 Å². The van der Waals surface area contributed by atoms with Gasteiger partial charge < -0.3 is 9.40 Å². The zero-order valence-electron chi connectivity index (χ0n) is 13.9. The van der Waals surface area contributed by atoms with Crippen molar-refractivity contribution in [1.82, 2.24) is 9.63 Å². The first-order chi connectivity index (χ1) is 12.5. The topological polar surface area (TPSA) is 70.7 Å². The van der Waals surface area contributed by atoms with E-state index < -0.39 is 5.91 Å². The van der Waals surface area contributed by atoms with Gasteiger partial charge in [-0.25, -0.2) is 4.39 Å². The van der Waals surface area contributed by atoms with E-state index in [4.69, 9.17) is 10.2 Å². The van der Waals surface area contributed by atoms with Crippen LogP contribution in [0.4, 0.5) is 4.39 Å². The zero-order chi connectivity index (χ0) is 18.3. The minimum Gasteiger partial charge on any atom is -0.376 e. The molecule has 0 spiro atoms. The number of rotatable bonds is 3. The predicted molar refractivity (Wildman–Crippen MR) is 94.8 cm³/mol. The molecule has 0 aliphatic carbocycles. The van der Waals surface area contributed by atoms with Gasteiger partial charge in [-0.2, -0.15) is 4.99 Å². The molecule has 0 fully saturated rings. The molecule has 0 radical (unpaired) electrons. The number of hydrogen-bond acceptors (Lipinski definition) is 3. The standard InChI is InChI=1S/C19H15FN4O2/c1-12-9-17-22-19(25)16(18(21)24(17)26-12)10-15-3-2-8-23(15)11-13-4-6-14(20)7-5-13/h2-10,21H,11H2,1H3. The molecule has 3 heterocycles. The van der Waals surface area contributed by atoms with Gasteiger partial charge in [0.1, 0.15) is 11.6 Å². The van der Waals surface area contributed by atoms with Crippen molar-refractivity contribution in [2.45, 2.75) is 13.5 Å². The molecule has 2 aliphatic heterocycles. The number of halogens is 1. The van der Waals surface area contributed by atoms with E-state index in [0.717, 1.165) is 11.3 Å². The highest BCUT2D eigenvalue weighted by Gasteiger charge is 2.34. The fourth-order valence-corrected chi connectivity index (χ4v) is 2.84. The summed E-state index contributed by atoms with van der Waals surface area (Å²) >= 11 is 0. The van der Waals surface area contributed by atoms with Crippen LogP contribution in [0.2, 0.25) is 0 Å². The summed E-state index contributed by atoms with van der Waals surface area (Å²) in [5.74, 6) is 0.0690. The molecule has 0 unspecified atom stereocenters. The molecule has 0 saturated carbocycles. The van der Waals surface area contributed by atoms with E-state index in [0.29, 0.717) is 18.1 Å². The third-order valence-corrected chi connectivity index (χ3v) is 4.10. The van der Waals surface area contributed by atoms with Crippen molar-refractivity contribution < 1.29 is 14.0 Å². The molecule has 1 aromatic heterocycles. The number of aromatic nitrogens is 1. The van der Waals surface area contributed by atoms with E-state index in [-0.39, 0.29) is 17.2 Å². The molecule has 1 N–H and O–H groups in total. The minimum absolute atomic E-state index is 0.0531. The number of amidine groups is 2. The Morgan fingerprint density at radius 3 is 2.81 bits per heavy atom. The fraction of sp³-hybridized carbons (Fsp3) is 0.105. The third-order valence-electron chi connectivity index (χ3n) is 4.10. The summed E-state index contributed by atoms with van der Waals surface area (Å²) in [6.45, 7) is 2.25. The number of carbonyl (C=O) groups is 1.